The van der Waals surface area contributed by atoms with Crippen molar-refractivity contribution >= 4 is 23.4 Å². The van der Waals surface area contributed by atoms with Crippen molar-refractivity contribution in [2.24, 2.45) is 0 Å². The van der Waals surface area contributed by atoms with E-state index in [1.165, 1.54) is 25.7 Å². The first-order valence-electron chi connectivity index (χ1n) is 7.07. The van der Waals surface area contributed by atoms with Gasteiger partial charge in [0.2, 0.25) is 0 Å². The van der Waals surface area contributed by atoms with E-state index in [0.717, 1.165) is 6.42 Å². The van der Waals surface area contributed by atoms with Gasteiger partial charge >= 0.3 is 0 Å². The smallest absolute Gasteiger partial charge is 0.253 e. The molecule has 1 fully saturated rings. The van der Waals surface area contributed by atoms with Gasteiger partial charge in [-0.15, -0.1) is 0 Å². The molecule has 1 aromatic rings. The van der Waals surface area contributed by atoms with E-state index < -0.39 is 0 Å². The van der Waals surface area contributed by atoms with E-state index in [1.54, 1.807) is 19.2 Å². The molecule has 1 heterocycles. The van der Waals surface area contributed by atoms with Gasteiger partial charge in [0.1, 0.15) is 11.5 Å². The molecule has 0 aromatic heterocycles. The van der Waals surface area contributed by atoms with Crippen LogP contribution in [0.25, 0.3) is 0 Å². The molecule has 1 aliphatic rings. The fourth-order valence-electron chi connectivity index (χ4n) is 2.35. The topological polar surface area (TPSA) is 73.6 Å². The SMILES string of the molecule is COc1cc(OC)c(N)c(C(=O)NCC2CCCCS2)c1. The molecule has 1 atom stereocenters. The fourth-order valence-corrected chi connectivity index (χ4v) is 3.58. The van der Waals surface area contributed by atoms with Crippen molar-refractivity contribution < 1.29 is 14.3 Å². The number of carbonyl (C=O) groups excluding carboxylic acids is 1. The number of nitrogens with one attached hydrogen (secondary N) is 1. The largest absolute Gasteiger partial charge is 0.497 e. The van der Waals surface area contributed by atoms with Crippen molar-refractivity contribution in [3.63, 3.8) is 0 Å². The van der Waals surface area contributed by atoms with E-state index in [9.17, 15) is 4.79 Å². The van der Waals surface area contributed by atoms with E-state index in [1.807, 2.05) is 11.8 Å². The average molecular weight is 310 g/mol. The van der Waals surface area contributed by atoms with Crippen molar-refractivity contribution in [2.75, 3.05) is 32.3 Å². The van der Waals surface area contributed by atoms with Crippen molar-refractivity contribution in [3.05, 3.63) is 17.7 Å². The van der Waals surface area contributed by atoms with Crippen molar-refractivity contribution in [3.8, 4) is 11.5 Å². The first kappa shape index (κ1) is 15.8. The molecule has 0 spiro atoms. The van der Waals surface area contributed by atoms with Crippen LogP contribution in [0, 0.1) is 0 Å². The lowest BCUT2D eigenvalue weighted by Gasteiger charge is -2.21. The Hall–Kier alpha value is -1.56. The zero-order valence-corrected chi connectivity index (χ0v) is 13.3. The van der Waals surface area contributed by atoms with Gasteiger partial charge < -0.3 is 20.5 Å². The summed E-state index contributed by atoms with van der Waals surface area (Å²) in [4.78, 5) is 12.3. The van der Waals surface area contributed by atoms with Gasteiger partial charge in [0.15, 0.2) is 0 Å². The van der Waals surface area contributed by atoms with Crippen LogP contribution < -0.4 is 20.5 Å². The Kier molecular flexibility index (Phi) is 5.61. The number of methoxy groups -OCH3 is 2. The number of anilines is 1. The fraction of sp³-hybridized carbons (Fsp3) is 0.533. The molecule has 1 aromatic carbocycles. The Bertz CT molecular complexity index is 502. The third-order valence-electron chi connectivity index (χ3n) is 3.58. The highest BCUT2D eigenvalue weighted by Crippen LogP contribution is 2.31. The first-order chi connectivity index (χ1) is 10.2. The number of amides is 1. The Morgan fingerprint density at radius 2 is 2.19 bits per heavy atom. The minimum Gasteiger partial charge on any atom is -0.497 e. The number of ether oxygens (including phenoxy) is 2. The molecule has 5 nitrogen and oxygen atoms in total. The monoisotopic (exact) mass is 310 g/mol. The van der Waals surface area contributed by atoms with Crippen LogP contribution in [-0.2, 0) is 0 Å². The van der Waals surface area contributed by atoms with Crippen LogP contribution in [0.3, 0.4) is 0 Å². The van der Waals surface area contributed by atoms with Gasteiger partial charge in [-0.05, 0) is 24.7 Å². The third kappa shape index (κ3) is 3.97. The molecular formula is C15H22N2O3S. The second-order valence-electron chi connectivity index (χ2n) is 4.99. The lowest BCUT2D eigenvalue weighted by Crippen LogP contribution is -2.32. The third-order valence-corrected chi connectivity index (χ3v) is 4.98. The Morgan fingerprint density at radius 1 is 1.38 bits per heavy atom. The number of carbonyl (C=O) groups is 1. The zero-order valence-electron chi connectivity index (χ0n) is 12.5. The highest BCUT2D eigenvalue weighted by molar-refractivity contribution is 7.99. The van der Waals surface area contributed by atoms with Crippen molar-refractivity contribution in [2.45, 2.75) is 24.5 Å². The quantitative estimate of drug-likeness (QED) is 0.816. The number of nitrogen functional groups attached to an aromatic ring is 1. The van der Waals surface area contributed by atoms with Crippen LogP contribution in [0.15, 0.2) is 12.1 Å². The summed E-state index contributed by atoms with van der Waals surface area (Å²) < 4.78 is 10.4. The predicted octanol–water partition coefficient (Wildman–Crippen LogP) is 2.30. The average Bonchev–Trinajstić information content (AvgIpc) is 2.53. The van der Waals surface area contributed by atoms with Gasteiger partial charge in [0.05, 0.1) is 25.5 Å². The van der Waals surface area contributed by atoms with Gasteiger partial charge in [-0.25, -0.2) is 0 Å². The van der Waals surface area contributed by atoms with E-state index in [-0.39, 0.29) is 5.91 Å². The van der Waals surface area contributed by atoms with Crippen LogP contribution >= 0.6 is 11.8 Å². The molecule has 3 N–H and O–H groups in total. The predicted molar refractivity (Wildman–Crippen MR) is 86.4 cm³/mol. The van der Waals surface area contributed by atoms with Gasteiger partial charge in [-0.2, -0.15) is 11.8 Å². The van der Waals surface area contributed by atoms with Gasteiger partial charge in [-0.3, -0.25) is 4.79 Å². The highest BCUT2D eigenvalue weighted by atomic mass is 32.2. The van der Waals surface area contributed by atoms with Crippen LogP contribution in [0.5, 0.6) is 11.5 Å². The molecule has 1 unspecified atom stereocenters. The molecule has 1 amide bonds. The molecule has 2 rings (SSSR count). The summed E-state index contributed by atoms with van der Waals surface area (Å²) in [7, 11) is 3.07. The van der Waals surface area contributed by atoms with Crippen LogP contribution in [0.1, 0.15) is 29.6 Å². The number of rotatable bonds is 5. The van der Waals surface area contributed by atoms with Crippen molar-refractivity contribution in [1.29, 1.82) is 0 Å². The maximum atomic E-state index is 12.3. The summed E-state index contributed by atoms with van der Waals surface area (Å²) in [5, 5.41) is 3.46. The molecule has 116 valence electrons. The molecular weight excluding hydrogens is 288 g/mol. The Balaban J connectivity index is 2.07. The molecule has 21 heavy (non-hydrogen) atoms. The first-order valence-corrected chi connectivity index (χ1v) is 8.12. The molecule has 0 radical (unpaired) electrons. The molecule has 0 bridgehead atoms. The van der Waals surface area contributed by atoms with Gasteiger partial charge in [0, 0.05) is 17.9 Å². The number of hydrogen-bond donors (Lipinski definition) is 2. The lowest BCUT2D eigenvalue weighted by atomic mass is 10.1. The second kappa shape index (κ2) is 7.45. The van der Waals surface area contributed by atoms with Crippen molar-refractivity contribution in [1.82, 2.24) is 5.32 Å². The lowest BCUT2D eigenvalue weighted by molar-refractivity contribution is 0.0953. The number of benzene rings is 1. The molecule has 0 saturated carbocycles. The van der Waals surface area contributed by atoms with Gasteiger partial charge in [-0.1, -0.05) is 6.42 Å². The number of nitrogens with two attached hydrogens (primary N) is 1. The van der Waals surface area contributed by atoms with E-state index in [4.69, 9.17) is 15.2 Å². The Morgan fingerprint density at radius 3 is 2.81 bits per heavy atom. The summed E-state index contributed by atoms with van der Waals surface area (Å²) in [5.41, 5.74) is 6.72. The maximum Gasteiger partial charge on any atom is 0.253 e. The molecule has 1 saturated heterocycles. The van der Waals surface area contributed by atoms with E-state index >= 15 is 0 Å². The Labute approximate surface area is 129 Å². The highest BCUT2D eigenvalue weighted by Gasteiger charge is 2.18. The van der Waals surface area contributed by atoms with E-state index in [0.29, 0.717) is 34.5 Å². The van der Waals surface area contributed by atoms with Crippen LogP contribution in [0.2, 0.25) is 0 Å². The number of hydrogen-bond acceptors (Lipinski definition) is 5. The number of thioether (sulfide) groups is 1. The standard InChI is InChI=1S/C15H22N2O3S/c1-19-10-7-12(14(16)13(8-10)20-2)15(18)17-9-11-5-3-4-6-21-11/h7-8,11H,3-6,9,16H2,1-2H3,(H,17,18). The van der Waals surface area contributed by atoms with Crippen LogP contribution in [0.4, 0.5) is 5.69 Å². The normalized spacial score (nSPS) is 18.1. The zero-order chi connectivity index (χ0) is 15.2. The maximum absolute atomic E-state index is 12.3. The summed E-state index contributed by atoms with van der Waals surface area (Å²) in [6.07, 6.45) is 3.67. The molecule has 0 aliphatic carbocycles. The summed E-state index contributed by atoms with van der Waals surface area (Å²) in [6, 6.07) is 3.31. The minimum atomic E-state index is -0.184. The molecule has 6 heteroatoms. The summed E-state index contributed by atoms with van der Waals surface area (Å²) in [5.74, 6) is 2.00. The minimum absolute atomic E-state index is 0.184. The summed E-state index contributed by atoms with van der Waals surface area (Å²) >= 11 is 1.92. The van der Waals surface area contributed by atoms with E-state index in [2.05, 4.69) is 5.32 Å². The summed E-state index contributed by atoms with van der Waals surface area (Å²) in [6.45, 7) is 0.669. The van der Waals surface area contributed by atoms with Crippen LogP contribution in [-0.4, -0.2) is 37.7 Å². The molecule has 1 aliphatic heterocycles. The second-order valence-corrected chi connectivity index (χ2v) is 6.40. The van der Waals surface area contributed by atoms with Gasteiger partial charge in [0.25, 0.3) is 5.91 Å².